The van der Waals surface area contributed by atoms with E-state index in [9.17, 15) is 0 Å². The lowest BCUT2D eigenvalue weighted by Crippen LogP contribution is -1.96. The summed E-state index contributed by atoms with van der Waals surface area (Å²) in [5, 5.41) is 4.15. The van der Waals surface area contributed by atoms with Gasteiger partial charge in [-0.2, -0.15) is 0 Å². The quantitative estimate of drug-likeness (QED) is 0.535. The van der Waals surface area contributed by atoms with Gasteiger partial charge in [-0.25, -0.2) is 0 Å². The number of hydrogen-bond donors (Lipinski definition) is 0. The lowest BCUT2D eigenvalue weighted by molar-refractivity contribution is 0.306. The number of benzene rings is 2. The summed E-state index contributed by atoms with van der Waals surface area (Å²) >= 11 is 0. The third-order valence-corrected chi connectivity index (χ3v) is 3.74. The zero-order valence-electron chi connectivity index (χ0n) is 13.4. The topological polar surface area (TPSA) is 35.3 Å². The first-order valence-electron chi connectivity index (χ1n) is 8.12. The van der Waals surface area contributed by atoms with Crippen LogP contribution in [0.5, 0.6) is 5.75 Å². The molecule has 118 valence electrons. The minimum absolute atomic E-state index is 0.765. The maximum Gasteiger partial charge on any atom is 0.167 e. The first-order chi connectivity index (χ1) is 11.4. The summed E-state index contributed by atoms with van der Waals surface area (Å²) < 4.78 is 11.2. The molecule has 0 bridgehead atoms. The van der Waals surface area contributed by atoms with Gasteiger partial charge in [-0.05, 0) is 30.7 Å². The summed E-state index contributed by atoms with van der Waals surface area (Å²) in [6.45, 7) is 2.96. The second-order valence-corrected chi connectivity index (χ2v) is 5.52. The summed E-state index contributed by atoms with van der Waals surface area (Å²) in [4.78, 5) is 0. The molecule has 0 saturated carbocycles. The highest BCUT2D eigenvalue weighted by Crippen LogP contribution is 2.27. The van der Waals surface area contributed by atoms with E-state index in [1.807, 2.05) is 60.7 Å². The molecule has 0 aliphatic carbocycles. The highest BCUT2D eigenvalue weighted by molar-refractivity contribution is 5.66. The molecular formula is C20H21NO2. The fourth-order valence-corrected chi connectivity index (χ4v) is 2.41. The number of rotatable bonds is 7. The van der Waals surface area contributed by atoms with Crippen LogP contribution < -0.4 is 4.74 Å². The largest absolute Gasteiger partial charge is 0.494 e. The first kappa shape index (κ1) is 15.3. The van der Waals surface area contributed by atoms with Crippen molar-refractivity contribution in [1.29, 1.82) is 0 Å². The summed E-state index contributed by atoms with van der Waals surface area (Å²) in [5.41, 5.74) is 2.90. The number of unbranched alkanes of at least 4 members (excludes halogenated alkanes) is 2. The van der Waals surface area contributed by atoms with Gasteiger partial charge < -0.3 is 9.26 Å². The molecule has 0 spiro atoms. The van der Waals surface area contributed by atoms with E-state index < -0.39 is 0 Å². The van der Waals surface area contributed by atoms with Gasteiger partial charge >= 0.3 is 0 Å². The van der Waals surface area contributed by atoms with Crippen LogP contribution in [-0.4, -0.2) is 11.8 Å². The van der Waals surface area contributed by atoms with Crippen LogP contribution >= 0.6 is 0 Å². The van der Waals surface area contributed by atoms with Crippen LogP contribution in [0.2, 0.25) is 0 Å². The Morgan fingerprint density at radius 1 is 0.913 bits per heavy atom. The lowest BCUT2D eigenvalue weighted by atomic mass is 10.1. The van der Waals surface area contributed by atoms with Crippen molar-refractivity contribution in [1.82, 2.24) is 5.16 Å². The first-order valence-corrected chi connectivity index (χ1v) is 8.12. The number of nitrogens with zero attached hydrogens (tertiary/aromatic N) is 1. The number of aromatic nitrogens is 1. The van der Waals surface area contributed by atoms with Gasteiger partial charge in [0.25, 0.3) is 0 Å². The molecule has 1 aromatic heterocycles. The molecule has 0 aliphatic rings. The highest BCUT2D eigenvalue weighted by atomic mass is 16.5. The second-order valence-electron chi connectivity index (χ2n) is 5.52. The maximum absolute atomic E-state index is 5.73. The van der Waals surface area contributed by atoms with Gasteiger partial charge in [0.15, 0.2) is 5.76 Å². The fraction of sp³-hybridized carbons (Fsp3) is 0.250. The lowest BCUT2D eigenvalue weighted by Gasteiger charge is -2.05. The summed E-state index contributed by atoms with van der Waals surface area (Å²) in [6.07, 6.45) is 3.51. The number of ether oxygens (including phenoxy) is 1. The zero-order chi connectivity index (χ0) is 15.9. The predicted molar refractivity (Wildman–Crippen MR) is 92.4 cm³/mol. The van der Waals surface area contributed by atoms with Crippen molar-refractivity contribution in [2.45, 2.75) is 26.2 Å². The SMILES string of the molecule is CCCCCOc1ccc(-c2cc(-c3ccccc3)no2)cc1. The Kier molecular flexibility index (Phi) is 5.09. The Hall–Kier alpha value is -2.55. The van der Waals surface area contributed by atoms with Gasteiger partial charge in [0.2, 0.25) is 0 Å². The van der Waals surface area contributed by atoms with Crippen molar-refractivity contribution in [3.8, 4) is 28.3 Å². The van der Waals surface area contributed by atoms with Crippen LogP contribution in [0.25, 0.3) is 22.6 Å². The van der Waals surface area contributed by atoms with Crippen LogP contribution in [0.4, 0.5) is 0 Å². The molecule has 0 saturated heterocycles. The normalized spacial score (nSPS) is 10.7. The van der Waals surface area contributed by atoms with Crippen molar-refractivity contribution in [2.75, 3.05) is 6.61 Å². The van der Waals surface area contributed by atoms with Crippen molar-refractivity contribution >= 4 is 0 Å². The van der Waals surface area contributed by atoms with E-state index in [1.165, 1.54) is 12.8 Å². The van der Waals surface area contributed by atoms with Gasteiger partial charge in [0.1, 0.15) is 11.4 Å². The standard InChI is InChI=1S/C20H21NO2/c1-2-3-7-14-22-18-12-10-17(11-13-18)20-15-19(21-23-20)16-8-5-4-6-9-16/h4-6,8-13,15H,2-3,7,14H2,1H3. The van der Waals surface area contributed by atoms with Gasteiger partial charge in [0, 0.05) is 17.2 Å². The molecule has 1 heterocycles. The van der Waals surface area contributed by atoms with Crippen LogP contribution in [0.3, 0.4) is 0 Å². The minimum Gasteiger partial charge on any atom is -0.494 e. The minimum atomic E-state index is 0.765. The molecule has 23 heavy (non-hydrogen) atoms. The molecular weight excluding hydrogens is 286 g/mol. The summed E-state index contributed by atoms with van der Waals surface area (Å²) in [5.74, 6) is 1.66. The fourth-order valence-electron chi connectivity index (χ4n) is 2.41. The van der Waals surface area contributed by atoms with Gasteiger partial charge in [-0.15, -0.1) is 0 Å². The van der Waals surface area contributed by atoms with Gasteiger partial charge in [0.05, 0.1) is 6.61 Å². The molecule has 0 atom stereocenters. The summed E-state index contributed by atoms with van der Waals surface area (Å²) in [6, 6.07) is 20.0. The van der Waals surface area contributed by atoms with Crippen LogP contribution in [0, 0.1) is 0 Å². The van der Waals surface area contributed by atoms with Crippen LogP contribution in [-0.2, 0) is 0 Å². The molecule has 0 amide bonds. The third kappa shape index (κ3) is 4.01. The molecule has 3 rings (SSSR count). The van der Waals surface area contributed by atoms with Gasteiger partial charge in [-0.1, -0.05) is 55.3 Å². The molecule has 0 fully saturated rings. The Morgan fingerprint density at radius 3 is 2.43 bits per heavy atom. The van der Waals surface area contributed by atoms with E-state index in [4.69, 9.17) is 9.26 Å². The Labute approximate surface area is 136 Å². The van der Waals surface area contributed by atoms with E-state index in [0.717, 1.165) is 41.4 Å². The zero-order valence-corrected chi connectivity index (χ0v) is 13.4. The van der Waals surface area contributed by atoms with E-state index in [0.29, 0.717) is 0 Å². The molecule has 3 aromatic rings. The predicted octanol–water partition coefficient (Wildman–Crippen LogP) is 5.58. The van der Waals surface area contributed by atoms with E-state index in [1.54, 1.807) is 0 Å². The Morgan fingerprint density at radius 2 is 1.70 bits per heavy atom. The average molecular weight is 307 g/mol. The summed E-state index contributed by atoms with van der Waals surface area (Å²) in [7, 11) is 0. The smallest absolute Gasteiger partial charge is 0.167 e. The Balaban J connectivity index is 1.67. The van der Waals surface area contributed by atoms with Crippen LogP contribution in [0.1, 0.15) is 26.2 Å². The Bertz CT molecular complexity index is 717. The molecule has 0 unspecified atom stereocenters. The molecule has 0 radical (unpaired) electrons. The third-order valence-electron chi connectivity index (χ3n) is 3.74. The monoisotopic (exact) mass is 307 g/mol. The van der Waals surface area contributed by atoms with Gasteiger partial charge in [-0.3, -0.25) is 0 Å². The molecule has 3 nitrogen and oxygen atoms in total. The van der Waals surface area contributed by atoms with E-state index in [-0.39, 0.29) is 0 Å². The molecule has 2 aromatic carbocycles. The number of hydrogen-bond acceptors (Lipinski definition) is 3. The van der Waals surface area contributed by atoms with E-state index in [2.05, 4.69) is 12.1 Å². The van der Waals surface area contributed by atoms with Crippen molar-refractivity contribution < 1.29 is 9.26 Å². The van der Waals surface area contributed by atoms with Crippen molar-refractivity contribution in [3.05, 3.63) is 60.7 Å². The molecule has 0 N–H and O–H groups in total. The van der Waals surface area contributed by atoms with E-state index >= 15 is 0 Å². The van der Waals surface area contributed by atoms with Crippen molar-refractivity contribution in [2.24, 2.45) is 0 Å². The second kappa shape index (κ2) is 7.63. The molecule has 3 heteroatoms. The highest BCUT2D eigenvalue weighted by Gasteiger charge is 2.08. The molecule has 0 aliphatic heterocycles. The maximum atomic E-state index is 5.73. The van der Waals surface area contributed by atoms with Crippen LogP contribution in [0.15, 0.2) is 65.2 Å². The average Bonchev–Trinajstić information content (AvgIpc) is 3.10. The van der Waals surface area contributed by atoms with Crippen molar-refractivity contribution in [3.63, 3.8) is 0 Å².